The molecule has 220 valence electrons. The number of aldehydes is 1. The summed E-state index contributed by atoms with van der Waals surface area (Å²) in [7, 11) is -3.23. The van der Waals surface area contributed by atoms with E-state index in [1.54, 1.807) is 13.8 Å². The van der Waals surface area contributed by atoms with Gasteiger partial charge in [0.25, 0.3) is 0 Å². The van der Waals surface area contributed by atoms with Crippen molar-refractivity contribution in [2.24, 2.45) is 0 Å². The summed E-state index contributed by atoms with van der Waals surface area (Å²) in [5, 5.41) is 36.8. The minimum atomic E-state index is -3.23. The number of aliphatic hydroxyl groups excluding tert-OH is 4. The third kappa shape index (κ3) is 46.4. The zero-order valence-electron chi connectivity index (χ0n) is 26.9. The van der Waals surface area contributed by atoms with E-state index in [0.717, 1.165) is 0 Å². The molecule has 2 saturated heterocycles. The van der Waals surface area contributed by atoms with Crippen LogP contribution in [0, 0.1) is 0 Å². The van der Waals surface area contributed by atoms with Crippen molar-refractivity contribution in [3.8, 4) is 0 Å². The van der Waals surface area contributed by atoms with E-state index in [4.69, 9.17) is 33.2 Å². The SMILES string of the molecule is O=CC[C@H]1OC(CO)[C@H](O)[C@H](O)C1O.[3H]OS(=[B])(=O)C[C@H]([NH-])[C@@H]1OC(C)(C)O[C@@H]1CC.[Y].[Y].[Y].[Y].[Y].[Y].[Y].[Y].[Y].[Y].[Y].[Y].[Y].[Y].[Y]. The summed E-state index contributed by atoms with van der Waals surface area (Å²) in [6.07, 6.45) is -5.45. The van der Waals surface area contributed by atoms with Gasteiger partial charge in [0.05, 0.1) is 12.7 Å². The van der Waals surface area contributed by atoms with Gasteiger partial charge in [-0.15, -0.1) is 0 Å². The summed E-state index contributed by atoms with van der Waals surface area (Å²) in [5.74, 6) is -0.987. The monoisotopic (exact) mass is 1790 g/mol. The first kappa shape index (κ1) is 99.5. The van der Waals surface area contributed by atoms with Crippen LogP contribution in [0.5, 0.6) is 0 Å². The maximum atomic E-state index is 11.4. The van der Waals surface area contributed by atoms with Crippen molar-refractivity contribution in [1.82, 2.24) is 0 Å². The average Bonchev–Trinajstić information content (AvgIpc) is 3.03. The molecule has 11 nitrogen and oxygen atoms in total. The van der Waals surface area contributed by atoms with Crippen LogP contribution in [0.25, 0.3) is 7.16 Å². The molecule has 28 heteroatoms. The molecule has 0 aromatic heterocycles. The summed E-state index contributed by atoms with van der Waals surface area (Å²) in [5.41, 5.74) is 7.91. The second-order valence-corrected chi connectivity index (χ2v) is 9.41. The molecule has 0 saturated carbocycles. The van der Waals surface area contributed by atoms with Crippen LogP contribution < -0.4 is 0 Å². The molecule has 2 aliphatic rings. The Kier molecular flexibility index (Phi) is 128. The molecule has 0 spiro atoms. The molecule has 3 unspecified atom stereocenters. The third-order valence-corrected chi connectivity index (χ3v) is 5.58. The van der Waals surface area contributed by atoms with E-state index in [0.29, 0.717) is 12.7 Å². The second-order valence-electron chi connectivity index (χ2n) is 7.75. The Morgan fingerprint density at radius 3 is 1.56 bits per heavy atom. The van der Waals surface area contributed by atoms with Gasteiger partial charge in [-0.3, -0.25) is 0 Å². The molecule has 2 aliphatic heterocycles. The van der Waals surface area contributed by atoms with E-state index >= 15 is 0 Å². The van der Waals surface area contributed by atoms with E-state index in [1.807, 2.05) is 6.92 Å². The minimum Gasteiger partial charge on any atom is 0 e. The van der Waals surface area contributed by atoms with Gasteiger partial charge in [-0.1, -0.05) is 0 Å². The molecule has 45 heavy (non-hydrogen) atoms. The van der Waals surface area contributed by atoms with Crippen molar-refractivity contribution in [1.29, 1.82) is 1.43 Å². The van der Waals surface area contributed by atoms with Crippen molar-refractivity contribution in [3.05, 3.63) is 5.73 Å². The van der Waals surface area contributed by atoms with E-state index in [9.17, 15) is 24.3 Å². The summed E-state index contributed by atoms with van der Waals surface area (Å²) in [6, 6.07) is -0.843. The maximum Gasteiger partial charge on any atom is 0 e. The fraction of sp³-hybridized carbons (Fsp3) is 0.941. The van der Waals surface area contributed by atoms with E-state index in [-0.39, 0.29) is 509 Å². The van der Waals surface area contributed by atoms with Crippen molar-refractivity contribution >= 4 is 22.6 Å². The van der Waals surface area contributed by atoms with E-state index in [2.05, 4.69) is 4.56 Å². The minimum absolute atomic E-state index is 0. The topological polar surface area (TPSA) is 187 Å². The van der Waals surface area contributed by atoms with E-state index in [1.165, 1.54) is 0 Å². The van der Waals surface area contributed by atoms with Gasteiger partial charge in [-0.2, -0.15) is 0 Å². The third-order valence-electron chi connectivity index (χ3n) is 4.75. The molecule has 2 heterocycles. The van der Waals surface area contributed by atoms with Crippen molar-refractivity contribution in [2.75, 3.05) is 12.4 Å². The maximum absolute atomic E-state index is 11.4. The smallest absolute Gasteiger partial charge is 0 e. The molecule has 0 bridgehead atoms. The normalized spacial score (nSPS) is 26.1. The molecule has 16 radical (unpaired) electrons. The number of ether oxygens (including phenoxy) is 3. The Balaban J connectivity index is -0.0000000244. The first-order chi connectivity index (χ1) is 14.3. The Bertz CT molecular complexity index is 709. The summed E-state index contributed by atoms with van der Waals surface area (Å²) >= 11 is 0. The van der Waals surface area contributed by atoms with E-state index < -0.39 is 64.7 Å². The molecule has 6 N–H and O–H groups in total. The Labute approximate surface area is 649 Å². The first-order valence-corrected chi connectivity index (χ1v) is 11.3. The summed E-state index contributed by atoms with van der Waals surface area (Å²) < 4.78 is 38.2. The van der Waals surface area contributed by atoms with Gasteiger partial charge in [-0.05, 0) is 0 Å². The Morgan fingerprint density at radius 1 is 0.822 bits per heavy atom. The van der Waals surface area contributed by atoms with Gasteiger partial charge in [0.2, 0.25) is 0 Å². The molecule has 9 atom stereocenters. The van der Waals surface area contributed by atoms with Crippen molar-refractivity contribution in [3.63, 3.8) is 0 Å². The second kappa shape index (κ2) is 58.1. The van der Waals surface area contributed by atoms with Crippen molar-refractivity contribution < 1.29 is 539 Å². The zero-order valence-corrected chi connectivity index (χ0v) is 69.3. The van der Waals surface area contributed by atoms with Crippen LogP contribution in [-0.2, 0) is 519 Å². The van der Waals surface area contributed by atoms with Gasteiger partial charge in [0.1, 0.15) is 30.7 Å². The molecule has 2 rings (SSSR count). The number of hydrogen-bond donors (Lipinski definition) is 5. The first-order valence-electron chi connectivity index (χ1n) is 9.98. The van der Waals surface area contributed by atoms with Gasteiger partial charge >= 0.3 is 98.7 Å². The number of nitrogens with one attached hydrogen (secondary N) is 1. The standard InChI is InChI=1S/C9H18BNO4S.C8H14O6.15Y/c1-4-7-8(15-9(2,3)14-7)6(11)5-16(10,12)13;9-2-1-4-6(11)8(13)7(12)5(3-10)14-4;;;;;;;;;;;;;;;/h6-8,11H,4-5H2,1-3H3,(H,12,13);2,4-8,10-13H,1,3H2;;;;;;;;;;;;;;;/q-1;;;;;;;;;;;;;;;;/t6-,7+,8-;4-,5?,6?,7+,8-;;;;;;;;;;;;;;;/m01.............../s1/i/hT. The van der Waals surface area contributed by atoms with Crippen LogP contribution in [0.1, 0.15) is 33.6 Å². The molecular weight excluding hydrogens is 1750 g/mol. The van der Waals surface area contributed by atoms with Gasteiger partial charge < -0.3 is 30.0 Å². The molecule has 0 aromatic carbocycles. The molecule has 2 fully saturated rings. The van der Waals surface area contributed by atoms with Crippen LogP contribution in [0.4, 0.5) is 0 Å². The van der Waals surface area contributed by atoms with Gasteiger partial charge in [0.15, 0.2) is 0 Å². The fourth-order valence-electron chi connectivity index (χ4n) is 3.33. The van der Waals surface area contributed by atoms with Gasteiger partial charge in [0, 0.05) is 497 Å². The van der Waals surface area contributed by atoms with Crippen LogP contribution >= 0.6 is 0 Å². The van der Waals surface area contributed by atoms with Crippen LogP contribution in [0.2, 0.25) is 0 Å². The number of rotatable bonds is 8. The average molecular weight is 1790 g/mol. The number of carbonyl (C=O) groups is 1. The predicted octanol–water partition coefficient (Wildman–Crippen LogP) is -1.44. The zero-order chi connectivity index (χ0) is 24.0. The molecule has 0 aliphatic carbocycles. The predicted molar refractivity (Wildman–Crippen MR) is 108 cm³/mol. The molecular formula is C17H32BNO10SY15-. The van der Waals surface area contributed by atoms with Crippen LogP contribution in [0.3, 0.4) is 0 Å². The van der Waals surface area contributed by atoms with Crippen LogP contribution in [-0.4, -0.2) is 109 Å². The largest absolute Gasteiger partial charge is 0 e. The number of aliphatic hydroxyl groups is 4. The number of carbonyl (C=O) groups excluding carboxylic acids is 1. The number of hydrogen-bond acceptors (Lipinski definition) is 10. The van der Waals surface area contributed by atoms with Crippen LogP contribution in [0.15, 0.2) is 0 Å². The quantitative estimate of drug-likeness (QED) is 0.143. The van der Waals surface area contributed by atoms with Crippen molar-refractivity contribution in [2.45, 2.75) is 88.2 Å². The summed E-state index contributed by atoms with van der Waals surface area (Å²) in [4.78, 5) is 10.2. The van der Waals surface area contributed by atoms with Gasteiger partial charge in [-0.25, -0.2) is 0 Å². The molecule has 0 amide bonds. The Hall–Kier alpha value is 16.1. The Morgan fingerprint density at radius 2 is 1.22 bits per heavy atom. The summed E-state index contributed by atoms with van der Waals surface area (Å²) in [6.45, 7) is 10.2. The fourth-order valence-corrected chi connectivity index (χ4v) is 4.02. The molecule has 0 aromatic rings.